The van der Waals surface area contributed by atoms with Crippen LogP contribution in [0.1, 0.15) is 5.56 Å². The maximum absolute atomic E-state index is 13.6. The van der Waals surface area contributed by atoms with Crippen LogP contribution in [0.4, 0.5) is 14.7 Å². The molecule has 6 heteroatoms. The number of hydrogen-bond acceptors (Lipinski definition) is 3. The zero-order chi connectivity index (χ0) is 13.4. The lowest BCUT2D eigenvalue weighted by molar-refractivity contribution is 0.567. The molecule has 2 N–H and O–H groups in total. The fourth-order valence-corrected chi connectivity index (χ4v) is 1.95. The zero-order valence-corrected chi connectivity index (χ0v) is 9.85. The van der Waals surface area contributed by atoms with E-state index < -0.39 is 11.6 Å². The summed E-state index contributed by atoms with van der Waals surface area (Å²) in [6.45, 7) is 0.158. The van der Waals surface area contributed by atoms with Gasteiger partial charge in [-0.05, 0) is 18.2 Å². The number of fused-ring (bicyclic) bond motifs is 1. The minimum atomic E-state index is -0.614. The molecule has 0 amide bonds. The Balaban J connectivity index is 2.08. The fourth-order valence-electron chi connectivity index (χ4n) is 1.95. The Morgan fingerprint density at radius 1 is 1.21 bits per heavy atom. The van der Waals surface area contributed by atoms with Gasteiger partial charge in [0.25, 0.3) is 0 Å². The molecule has 0 aliphatic rings. The largest absolute Gasteiger partial charge is 0.369 e. The minimum Gasteiger partial charge on any atom is -0.369 e. The number of benzene rings is 1. The number of imidazole rings is 1. The van der Waals surface area contributed by atoms with Crippen LogP contribution in [-0.2, 0) is 6.54 Å². The predicted molar refractivity (Wildman–Crippen MR) is 67.4 cm³/mol. The fraction of sp³-hybridized carbons (Fsp3) is 0.0769. The summed E-state index contributed by atoms with van der Waals surface area (Å²) in [4.78, 5) is 8.31. The van der Waals surface area contributed by atoms with E-state index in [0.717, 1.165) is 6.07 Å². The molecule has 4 nitrogen and oxygen atoms in total. The summed E-state index contributed by atoms with van der Waals surface area (Å²) in [6.07, 6.45) is 1.61. The van der Waals surface area contributed by atoms with Gasteiger partial charge in [0.1, 0.15) is 17.2 Å². The average molecular weight is 260 g/mol. The molecule has 0 saturated carbocycles. The topological polar surface area (TPSA) is 56.7 Å². The highest BCUT2D eigenvalue weighted by molar-refractivity contribution is 5.73. The number of pyridine rings is 1. The third-order valence-corrected chi connectivity index (χ3v) is 2.88. The second kappa shape index (κ2) is 4.31. The van der Waals surface area contributed by atoms with Crippen LogP contribution in [0.25, 0.3) is 11.2 Å². The van der Waals surface area contributed by atoms with Gasteiger partial charge in [0, 0.05) is 17.8 Å². The van der Waals surface area contributed by atoms with E-state index in [4.69, 9.17) is 5.73 Å². The third kappa shape index (κ3) is 2.01. The van der Waals surface area contributed by atoms with Crippen LogP contribution in [0.15, 0.2) is 36.5 Å². The predicted octanol–water partition coefficient (Wildman–Crippen LogP) is 2.34. The Morgan fingerprint density at radius 2 is 2.05 bits per heavy atom. The number of aromatic nitrogens is 3. The summed E-state index contributed by atoms with van der Waals surface area (Å²) in [6, 6.07) is 6.96. The van der Waals surface area contributed by atoms with Gasteiger partial charge in [-0.2, -0.15) is 0 Å². The van der Waals surface area contributed by atoms with Crippen LogP contribution < -0.4 is 5.73 Å². The molecule has 1 aromatic carbocycles. The lowest BCUT2D eigenvalue weighted by Gasteiger charge is -2.07. The number of anilines is 1. The number of rotatable bonds is 2. The molecule has 0 aliphatic heterocycles. The Hall–Kier alpha value is -2.50. The highest BCUT2D eigenvalue weighted by Gasteiger charge is 2.11. The van der Waals surface area contributed by atoms with Crippen LogP contribution >= 0.6 is 0 Å². The van der Waals surface area contributed by atoms with Gasteiger partial charge in [0.2, 0.25) is 5.95 Å². The van der Waals surface area contributed by atoms with Gasteiger partial charge in [0.15, 0.2) is 5.65 Å². The standard InChI is InChI=1S/C13H10F2N4/c14-9-4-3-8(10(15)6-9)7-19-12-11(18-13(19)16)2-1-5-17-12/h1-6H,7H2,(H2,16,18). The van der Waals surface area contributed by atoms with Gasteiger partial charge in [-0.3, -0.25) is 4.57 Å². The second-order valence-corrected chi connectivity index (χ2v) is 4.14. The van der Waals surface area contributed by atoms with Crippen molar-refractivity contribution in [3.8, 4) is 0 Å². The molecule has 0 fully saturated rings. The molecule has 0 spiro atoms. The minimum absolute atomic E-state index is 0.158. The van der Waals surface area contributed by atoms with Crippen molar-refractivity contribution >= 4 is 17.1 Å². The number of nitrogens with two attached hydrogens (primary N) is 1. The number of halogens is 2. The van der Waals surface area contributed by atoms with Gasteiger partial charge < -0.3 is 5.73 Å². The summed E-state index contributed by atoms with van der Waals surface area (Å²) in [5, 5.41) is 0. The van der Waals surface area contributed by atoms with Crippen LogP contribution in [0.2, 0.25) is 0 Å². The van der Waals surface area contributed by atoms with Crippen molar-refractivity contribution in [3.05, 3.63) is 53.7 Å². The molecule has 3 rings (SSSR count). The first-order valence-corrected chi connectivity index (χ1v) is 5.66. The lowest BCUT2D eigenvalue weighted by Crippen LogP contribution is -2.07. The molecule has 0 bridgehead atoms. The maximum atomic E-state index is 13.6. The molecule has 0 aliphatic carbocycles. The molecular weight excluding hydrogens is 250 g/mol. The zero-order valence-electron chi connectivity index (χ0n) is 9.85. The van der Waals surface area contributed by atoms with Crippen LogP contribution in [0, 0.1) is 11.6 Å². The van der Waals surface area contributed by atoms with Gasteiger partial charge in [0.05, 0.1) is 6.54 Å². The molecule has 2 aromatic heterocycles. The second-order valence-electron chi connectivity index (χ2n) is 4.14. The van der Waals surface area contributed by atoms with Crippen molar-refractivity contribution in [3.63, 3.8) is 0 Å². The highest BCUT2D eigenvalue weighted by atomic mass is 19.1. The Morgan fingerprint density at radius 3 is 2.84 bits per heavy atom. The Labute approximate surface area is 107 Å². The first-order chi connectivity index (χ1) is 9.15. The van der Waals surface area contributed by atoms with Crippen molar-refractivity contribution in [1.82, 2.24) is 14.5 Å². The molecule has 3 aromatic rings. The summed E-state index contributed by atoms with van der Waals surface area (Å²) in [5.74, 6) is -0.975. The van der Waals surface area contributed by atoms with Gasteiger partial charge in [-0.15, -0.1) is 0 Å². The van der Waals surface area contributed by atoms with Crippen molar-refractivity contribution in [2.75, 3.05) is 5.73 Å². The number of hydrogen-bond donors (Lipinski definition) is 1. The van der Waals surface area contributed by atoms with E-state index in [2.05, 4.69) is 9.97 Å². The maximum Gasteiger partial charge on any atom is 0.202 e. The van der Waals surface area contributed by atoms with Crippen LogP contribution in [0.5, 0.6) is 0 Å². The summed E-state index contributed by atoms with van der Waals surface area (Å²) < 4.78 is 28.1. The summed E-state index contributed by atoms with van der Waals surface area (Å²) >= 11 is 0. The average Bonchev–Trinajstić information content (AvgIpc) is 2.69. The van der Waals surface area contributed by atoms with Gasteiger partial charge in [-0.1, -0.05) is 6.07 Å². The molecule has 0 atom stereocenters. The smallest absolute Gasteiger partial charge is 0.202 e. The van der Waals surface area contributed by atoms with Crippen molar-refractivity contribution in [2.24, 2.45) is 0 Å². The molecule has 0 radical (unpaired) electrons. The van der Waals surface area contributed by atoms with E-state index in [0.29, 0.717) is 16.7 Å². The van der Waals surface area contributed by atoms with Gasteiger partial charge in [-0.25, -0.2) is 18.7 Å². The van der Waals surface area contributed by atoms with E-state index in [-0.39, 0.29) is 12.5 Å². The number of nitrogen functional groups attached to an aromatic ring is 1. The third-order valence-electron chi connectivity index (χ3n) is 2.88. The van der Waals surface area contributed by atoms with Crippen LogP contribution in [-0.4, -0.2) is 14.5 Å². The monoisotopic (exact) mass is 260 g/mol. The normalized spacial score (nSPS) is 11.1. The molecule has 96 valence electrons. The number of nitrogens with zero attached hydrogens (tertiary/aromatic N) is 3. The molecule has 2 heterocycles. The van der Waals surface area contributed by atoms with Crippen molar-refractivity contribution < 1.29 is 8.78 Å². The first kappa shape index (κ1) is 11.6. The highest BCUT2D eigenvalue weighted by Crippen LogP contribution is 2.18. The molecular formula is C13H10F2N4. The van der Waals surface area contributed by atoms with E-state index in [9.17, 15) is 8.78 Å². The quantitative estimate of drug-likeness (QED) is 0.769. The lowest BCUT2D eigenvalue weighted by atomic mass is 10.2. The Bertz CT molecular complexity index is 751. The summed E-state index contributed by atoms with van der Waals surface area (Å²) in [5.41, 5.74) is 7.34. The molecule has 0 unspecified atom stereocenters. The first-order valence-electron chi connectivity index (χ1n) is 5.66. The Kier molecular flexibility index (Phi) is 2.63. The summed E-state index contributed by atoms with van der Waals surface area (Å²) in [7, 11) is 0. The van der Waals surface area contributed by atoms with Gasteiger partial charge >= 0.3 is 0 Å². The van der Waals surface area contributed by atoms with E-state index in [1.54, 1.807) is 22.9 Å². The molecule has 19 heavy (non-hydrogen) atoms. The SMILES string of the molecule is Nc1nc2cccnc2n1Cc1ccc(F)cc1F. The van der Waals surface area contributed by atoms with Crippen LogP contribution in [0.3, 0.4) is 0 Å². The van der Waals surface area contributed by atoms with Crippen molar-refractivity contribution in [2.45, 2.75) is 6.54 Å². The van der Waals surface area contributed by atoms with E-state index in [1.807, 2.05) is 0 Å². The van der Waals surface area contributed by atoms with E-state index in [1.165, 1.54) is 12.1 Å². The van der Waals surface area contributed by atoms with E-state index >= 15 is 0 Å². The molecule has 0 saturated heterocycles. The van der Waals surface area contributed by atoms with Crippen molar-refractivity contribution in [1.29, 1.82) is 0 Å².